The Morgan fingerprint density at radius 2 is 2.33 bits per heavy atom. The summed E-state index contributed by atoms with van der Waals surface area (Å²) in [6.45, 7) is 2.76. The molecule has 3 heterocycles. The molecule has 1 fully saturated rings. The van der Waals surface area contributed by atoms with Crippen molar-refractivity contribution < 1.29 is 4.79 Å². The molecule has 10 nitrogen and oxygen atoms in total. The molecule has 1 atom stereocenters. The molecular formula is C14H20N8O2. The second-order valence-corrected chi connectivity index (χ2v) is 5.90. The first kappa shape index (κ1) is 16.1. The Labute approximate surface area is 138 Å². The van der Waals surface area contributed by atoms with Gasteiger partial charge in [0.2, 0.25) is 5.91 Å². The van der Waals surface area contributed by atoms with Gasteiger partial charge in [-0.1, -0.05) is 0 Å². The summed E-state index contributed by atoms with van der Waals surface area (Å²) in [5.41, 5.74) is 0.720. The van der Waals surface area contributed by atoms with Gasteiger partial charge in [0.05, 0.1) is 18.4 Å². The van der Waals surface area contributed by atoms with Gasteiger partial charge in [-0.05, 0) is 22.8 Å². The first-order chi connectivity index (χ1) is 11.6. The summed E-state index contributed by atoms with van der Waals surface area (Å²) in [6.07, 6.45) is 4.51. The quantitative estimate of drug-likeness (QED) is 0.707. The van der Waals surface area contributed by atoms with Crippen molar-refractivity contribution in [2.45, 2.75) is 19.4 Å². The number of amides is 1. The predicted molar refractivity (Wildman–Crippen MR) is 85.2 cm³/mol. The number of anilines is 1. The van der Waals surface area contributed by atoms with Gasteiger partial charge in [-0.15, -0.1) is 5.10 Å². The fourth-order valence-corrected chi connectivity index (χ4v) is 2.71. The maximum atomic E-state index is 11.9. The van der Waals surface area contributed by atoms with E-state index in [4.69, 9.17) is 0 Å². The van der Waals surface area contributed by atoms with Gasteiger partial charge in [0, 0.05) is 39.2 Å². The van der Waals surface area contributed by atoms with Crippen LogP contribution in [-0.2, 0) is 18.4 Å². The van der Waals surface area contributed by atoms with Crippen molar-refractivity contribution in [3.8, 4) is 0 Å². The zero-order chi connectivity index (χ0) is 16.9. The number of tetrazole rings is 1. The molecule has 2 aromatic rings. The predicted octanol–water partition coefficient (Wildman–Crippen LogP) is -1.20. The van der Waals surface area contributed by atoms with Crippen molar-refractivity contribution in [2.75, 3.05) is 24.5 Å². The fraction of sp³-hybridized carbons (Fsp3) is 0.571. The van der Waals surface area contributed by atoms with Crippen molar-refractivity contribution in [1.29, 1.82) is 0 Å². The van der Waals surface area contributed by atoms with E-state index in [1.165, 1.54) is 15.7 Å². The van der Waals surface area contributed by atoms with E-state index in [0.717, 1.165) is 25.2 Å². The molecular weight excluding hydrogens is 312 g/mol. The van der Waals surface area contributed by atoms with Gasteiger partial charge in [-0.25, -0.2) is 9.36 Å². The third-order valence-corrected chi connectivity index (χ3v) is 4.15. The molecule has 0 bridgehead atoms. The summed E-state index contributed by atoms with van der Waals surface area (Å²) in [4.78, 5) is 25.7. The van der Waals surface area contributed by atoms with Gasteiger partial charge in [-0.3, -0.25) is 9.59 Å². The molecule has 0 spiro atoms. The Bertz CT molecular complexity index is 741. The lowest BCUT2D eigenvalue weighted by Gasteiger charge is -2.18. The summed E-state index contributed by atoms with van der Waals surface area (Å²) < 4.78 is 2.84. The highest BCUT2D eigenvalue weighted by Gasteiger charge is 2.23. The molecule has 1 unspecified atom stereocenters. The van der Waals surface area contributed by atoms with Crippen LogP contribution in [0.2, 0.25) is 0 Å². The molecule has 0 aromatic carbocycles. The third-order valence-electron chi connectivity index (χ3n) is 4.15. The lowest BCUT2D eigenvalue weighted by atomic mass is 10.1. The summed E-state index contributed by atoms with van der Waals surface area (Å²) in [7, 11) is 1.63. The Kier molecular flexibility index (Phi) is 4.82. The van der Waals surface area contributed by atoms with Crippen LogP contribution in [0.5, 0.6) is 0 Å². The number of nitrogens with zero attached hydrogens (tertiary/aromatic N) is 7. The second kappa shape index (κ2) is 7.20. The fourth-order valence-electron chi connectivity index (χ4n) is 2.71. The van der Waals surface area contributed by atoms with Crippen LogP contribution in [0.3, 0.4) is 0 Å². The van der Waals surface area contributed by atoms with Gasteiger partial charge >= 0.3 is 0 Å². The molecule has 0 aliphatic carbocycles. The number of hydrogen-bond acceptors (Lipinski definition) is 7. The molecule has 0 radical (unpaired) electrons. The topological polar surface area (TPSA) is 111 Å². The number of carbonyl (C=O) groups excluding carboxylic acids is 1. The summed E-state index contributed by atoms with van der Waals surface area (Å²) >= 11 is 0. The van der Waals surface area contributed by atoms with Crippen LogP contribution < -0.4 is 15.8 Å². The van der Waals surface area contributed by atoms with Crippen molar-refractivity contribution >= 4 is 11.6 Å². The van der Waals surface area contributed by atoms with E-state index in [1.807, 2.05) is 0 Å². The molecule has 1 saturated heterocycles. The van der Waals surface area contributed by atoms with Gasteiger partial charge in [0.25, 0.3) is 5.56 Å². The van der Waals surface area contributed by atoms with Crippen molar-refractivity contribution in [2.24, 2.45) is 13.0 Å². The molecule has 3 rings (SSSR count). The molecule has 1 amide bonds. The van der Waals surface area contributed by atoms with Gasteiger partial charge in [-0.2, -0.15) is 5.10 Å². The first-order valence-electron chi connectivity index (χ1n) is 7.87. The minimum atomic E-state index is -0.119. The van der Waals surface area contributed by atoms with Gasteiger partial charge in [0.1, 0.15) is 6.33 Å². The van der Waals surface area contributed by atoms with E-state index in [2.05, 4.69) is 30.8 Å². The van der Waals surface area contributed by atoms with E-state index in [-0.39, 0.29) is 11.5 Å². The normalized spacial score (nSPS) is 17.2. The highest BCUT2D eigenvalue weighted by atomic mass is 16.1. The van der Waals surface area contributed by atoms with Crippen LogP contribution in [0.25, 0.3) is 0 Å². The van der Waals surface area contributed by atoms with E-state index in [1.54, 1.807) is 19.3 Å². The number of rotatable bonds is 6. The second-order valence-electron chi connectivity index (χ2n) is 5.90. The van der Waals surface area contributed by atoms with Gasteiger partial charge < -0.3 is 10.2 Å². The zero-order valence-corrected chi connectivity index (χ0v) is 13.5. The number of aromatic nitrogens is 6. The number of nitrogens with one attached hydrogen (secondary N) is 1. The summed E-state index contributed by atoms with van der Waals surface area (Å²) in [5, 5.41) is 17.8. The van der Waals surface area contributed by atoms with Crippen molar-refractivity contribution in [1.82, 2.24) is 35.3 Å². The maximum Gasteiger partial charge on any atom is 0.268 e. The summed E-state index contributed by atoms with van der Waals surface area (Å²) in [5.74, 6) is 0.352. The Hall–Kier alpha value is -2.78. The SMILES string of the molecule is Cn1ncc(N2CCC(CNC(=O)CCn3cnnn3)C2)cc1=O. The van der Waals surface area contributed by atoms with Crippen LogP contribution in [0.15, 0.2) is 23.4 Å². The largest absolute Gasteiger partial charge is 0.370 e. The van der Waals surface area contributed by atoms with Gasteiger partial charge in [0.15, 0.2) is 0 Å². The van der Waals surface area contributed by atoms with Crippen LogP contribution in [-0.4, -0.2) is 55.5 Å². The molecule has 1 aliphatic heterocycles. The molecule has 2 aromatic heterocycles. The van der Waals surface area contributed by atoms with E-state index >= 15 is 0 Å². The third kappa shape index (κ3) is 3.94. The van der Waals surface area contributed by atoms with Crippen LogP contribution >= 0.6 is 0 Å². The monoisotopic (exact) mass is 332 g/mol. The van der Waals surface area contributed by atoms with E-state index in [9.17, 15) is 9.59 Å². The van der Waals surface area contributed by atoms with E-state index < -0.39 is 0 Å². The maximum absolute atomic E-state index is 11.9. The Morgan fingerprint density at radius 3 is 3.08 bits per heavy atom. The number of hydrogen-bond donors (Lipinski definition) is 1. The first-order valence-corrected chi connectivity index (χ1v) is 7.87. The molecule has 10 heteroatoms. The van der Waals surface area contributed by atoms with Crippen LogP contribution in [0.4, 0.5) is 5.69 Å². The smallest absolute Gasteiger partial charge is 0.268 e. The van der Waals surface area contributed by atoms with Crippen LogP contribution in [0, 0.1) is 5.92 Å². The molecule has 24 heavy (non-hydrogen) atoms. The lowest BCUT2D eigenvalue weighted by Crippen LogP contribution is -2.32. The average Bonchev–Trinajstić information content (AvgIpc) is 3.25. The highest BCUT2D eigenvalue weighted by Crippen LogP contribution is 2.21. The highest BCUT2D eigenvalue weighted by molar-refractivity contribution is 5.75. The average molecular weight is 332 g/mol. The van der Waals surface area contributed by atoms with Crippen molar-refractivity contribution in [3.63, 3.8) is 0 Å². The van der Waals surface area contributed by atoms with Crippen LogP contribution in [0.1, 0.15) is 12.8 Å². The molecule has 1 aliphatic rings. The molecule has 0 saturated carbocycles. The lowest BCUT2D eigenvalue weighted by molar-refractivity contribution is -0.121. The van der Waals surface area contributed by atoms with E-state index in [0.29, 0.717) is 25.4 Å². The Morgan fingerprint density at radius 1 is 1.46 bits per heavy atom. The minimum absolute atomic E-state index is 0.0146. The standard InChI is InChI=1S/C14H20N8O2/c1-20-14(24)6-12(8-17-20)21-4-2-11(9-21)7-15-13(23)3-5-22-10-16-18-19-22/h6,8,10-11H,2-5,7,9H2,1H3,(H,15,23). The molecule has 1 N–H and O–H groups in total. The molecule has 128 valence electrons. The number of carbonyl (C=O) groups is 1. The zero-order valence-electron chi connectivity index (χ0n) is 13.5. The minimum Gasteiger partial charge on any atom is -0.370 e. The summed E-state index contributed by atoms with van der Waals surface area (Å²) in [6, 6.07) is 1.60. The van der Waals surface area contributed by atoms with Crippen molar-refractivity contribution in [3.05, 3.63) is 28.9 Å². The number of aryl methyl sites for hydroxylation is 2. The Balaban J connectivity index is 1.43.